The summed E-state index contributed by atoms with van der Waals surface area (Å²) in [6, 6.07) is 12.9. The summed E-state index contributed by atoms with van der Waals surface area (Å²) in [5.41, 5.74) is 4.77. The molecule has 30 heavy (non-hydrogen) atoms. The van der Waals surface area contributed by atoms with E-state index in [1.807, 2.05) is 12.1 Å². The normalized spacial score (nSPS) is 25.0. The maximum absolute atomic E-state index is 14.8. The average molecular weight is 404 g/mol. The first kappa shape index (κ1) is 19.2. The molecular weight excluding hydrogens is 379 g/mol. The van der Waals surface area contributed by atoms with Gasteiger partial charge in [0.2, 0.25) is 5.91 Å². The lowest BCUT2D eigenvalue weighted by atomic mass is 9.97. The van der Waals surface area contributed by atoms with Crippen LogP contribution in [0, 0.1) is 23.1 Å². The quantitative estimate of drug-likeness (QED) is 0.716. The number of rotatable bonds is 5. The molecule has 2 heterocycles. The molecule has 154 valence electrons. The summed E-state index contributed by atoms with van der Waals surface area (Å²) in [5, 5.41) is 19.0. The Labute approximate surface area is 175 Å². The van der Waals surface area contributed by atoms with Crippen LogP contribution < -0.4 is 16.0 Å². The summed E-state index contributed by atoms with van der Waals surface area (Å²) in [4.78, 5) is 12.6. The minimum absolute atomic E-state index is 0.141. The van der Waals surface area contributed by atoms with Gasteiger partial charge in [0.15, 0.2) is 0 Å². The van der Waals surface area contributed by atoms with Crippen molar-refractivity contribution in [2.45, 2.75) is 56.9 Å². The Bertz CT molecular complexity index is 1030. The number of halogens is 1. The molecule has 2 aliphatic heterocycles. The van der Waals surface area contributed by atoms with Crippen LogP contribution in [-0.2, 0) is 24.3 Å². The van der Waals surface area contributed by atoms with Gasteiger partial charge in [-0.15, -0.1) is 0 Å². The monoisotopic (exact) mass is 404 g/mol. The van der Waals surface area contributed by atoms with Crippen molar-refractivity contribution in [1.82, 2.24) is 16.0 Å². The predicted molar refractivity (Wildman–Crippen MR) is 112 cm³/mol. The lowest BCUT2D eigenvalue weighted by Crippen LogP contribution is -2.50. The number of hydrogen-bond donors (Lipinski definition) is 3. The number of nitrogens with one attached hydrogen (secondary N) is 3. The van der Waals surface area contributed by atoms with E-state index >= 15 is 0 Å². The topological polar surface area (TPSA) is 77.0 Å². The molecule has 5 rings (SSSR count). The Morgan fingerprint density at radius 3 is 2.70 bits per heavy atom. The predicted octanol–water partition coefficient (Wildman–Crippen LogP) is 2.79. The number of nitrogens with zero attached hydrogens (tertiary/aromatic N) is 1. The highest BCUT2D eigenvalue weighted by atomic mass is 19.1. The number of benzene rings is 2. The van der Waals surface area contributed by atoms with Crippen molar-refractivity contribution in [3.63, 3.8) is 0 Å². The molecule has 1 aliphatic carbocycles. The molecule has 0 spiro atoms. The Balaban J connectivity index is 1.27. The highest BCUT2D eigenvalue weighted by molar-refractivity contribution is 5.83. The number of carbonyl (C=O) groups is 1. The van der Waals surface area contributed by atoms with E-state index in [0.717, 1.165) is 43.5 Å². The lowest BCUT2D eigenvalue weighted by molar-refractivity contribution is -0.124. The number of carbonyl (C=O) groups excluding carboxylic acids is 1. The first-order valence-electron chi connectivity index (χ1n) is 10.7. The summed E-state index contributed by atoms with van der Waals surface area (Å²) in [7, 11) is 0. The largest absolute Gasteiger partial charge is 0.339 e. The first-order valence-corrected chi connectivity index (χ1v) is 10.7. The highest BCUT2D eigenvalue weighted by Crippen LogP contribution is 2.35. The molecule has 4 atom stereocenters. The van der Waals surface area contributed by atoms with E-state index in [2.05, 4.69) is 34.2 Å². The molecule has 5 nitrogen and oxygen atoms in total. The lowest BCUT2D eigenvalue weighted by Gasteiger charge is -2.23. The van der Waals surface area contributed by atoms with Crippen LogP contribution in [0.4, 0.5) is 4.39 Å². The van der Waals surface area contributed by atoms with Crippen molar-refractivity contribution < 1.29 is 9.18 Å². The molecule has 3 aliphatic rings. The van der Waals surface area contributed by atoms with Gasteiger partial charge in [-0.1, -0.05) is 24.3 Å². The van der Waals surface area contributed by atoms with Crippen molar-refractivity contribution in [3.8, 4) is 17.2 Å². The van der Waals surface area contributed by atoms with E-state index in [0.29, 0.717) is 17.5 Å². The number of hydrogen-bond acceptors (Lipinski definition) is 4. The summed E-state index contributed by atoms with van der Waals surface area (Å²) in [5.74, 6) is -0.135. The van der Waals surface area contributed by atoms with Gasteiger partial charge in [-0.2, -0.15) is 5.26 Å². The molecule has 1 unspecified atom stereocenters. The van der Waals surface area contributed by atoms with Gasteiger partial charge in [0.25, 0.3) is 0 Å². The zero-order chi connectivity index (χ0) is 20.7. The van der Waals surface area contributed by atoms with Gasteiger partial charge in [0.05, 0.1) is 12.1 Å². The molecule has 1 saturated carbocycles. The molecule has 2 aromatic carbocycles. The molecule has 0 aromatic heterocycles. The van der Waals surface area contributed by atoms with Gasteiger partial charge in [-0.3, -0.25) is 4.79 Å². The van der Waals surface area contributed by atoms with Gasteiger partial charge in [-0.25, -0.2) is 4.39 Å². The van der Waals surface area contributed by atoms with Crippen LogP contribution >= 0.6 is 0 Å². The summed E-state index contributed by atoms with van der Waals surface area (Å²) in [6.07, 6.45) is 3.36. The minimum atomic E-state index is -0.746. The number of fused-ring (bicyclic) bond motifs is 3. The third-order valence-electron chi connectivity index (χ3n) is 6.76. The number of piperidine rings is 1. The fourth-order valence-electron chi connectivity index (χ4n) is 5.13. The molecule has 1 amide bonds. The fourth-order valence-corrected chi connectivity index (χ4v) is 5.13. The molecule has 2 fully saturated rings. The maximum Gasteiger partial charge on any atom is 0.238 e. The van der Waals surface area contributed by atoms with Gasteiger partial charge < -0.3 is 16.0 Å². The standard InChI is InChI=1S/C24H25FN4O/c25-22-10-15(14-2-4-18-12-27-13-19(18)7-14)1-3-16(22)8-21(11-26)29-24(30)23-17-5-6-20(9-17)28-23/h1-4,7,10,17,20-21,23,27-28H,5-6,8-9,12-13H2,(H,29,30)/t17-,20+,21?,23-/m0/s1. The van der Waals surface area contributed by atoms with Gasteiger partial charge in [0, 0.05) is 25.6 Å². The van der Waals surface area contributed by atoms with Crippen LogP contribution in [0.2, 0.25) is 0 Å². The molecule has 2 bridgehead atoms. The average Bonchev–Trinajstić information content (AvgIpc) is 3.50. The number of nitriles is 1. The Kier molecular flexibility index (Phi) is 5.01. The van der Waals surface area contributed by atoms with Crippen molar-refractivity contribution in [2.24, 2.45) is 5.92 Å². The van der Waals surface area contributed by atoms with Gasteiger partial charge in [0.1, 0.15) is 11.9 Å². The Morgan fingerprint density at radius 1 is 1.17 bits per heavy atom. The van der Waals surface area contributed by atoms with Crippen LogP contribution in [0.15, 0.2) is 36.4 Å². The smallest absolute Gasteiger partial charge is 0.238 e. The minimum Gasteiger partial charge on any atom is -0.339 e. The second-order valence-electron chi connectivity index (χ2n) is 8.70. The summed E-state index contributed by atoms with van der Waals surface area (Å²) in [6.45, 7) is 1.71. The fraction of sp³-hybridized carbons (Fsp3) is 0.417. The maximum atomic E-state index is 14.8. The molecular formula is C24H25FN4O. The SMILES string of the molecule is N#CC(Cc1ccc(-c2ccc3c(c2)CNC3)cc1F)NC(=O)[C@H]1N[C@@H]2CC[C@H]1C2. The zero-order valence-corrected chi connectivity index (χ0v) is 16.7. The summed E-state index contributed by atoms with van der Waals surface area (Å²) >= 11 is 0. The molecule has 1 saturated heterocycles. The van der Waals surface area contributed by atoms with Gasteiger partial charge >= 0.3 is 0 Å². The highest BCUT2D eigenvalue weighted by Gasteiger charge is 2.43. The molecule has 6 heteroatoms. The first-order chi connectivity index (χ1) is 14.6. The zero-order valence-electron chi connectivity index (χ0n) is 16.7. The third-order valence-corrected chi connectivity index (χ3v) is 6.76. The summed E-state index contributed by atoms with van der Waals surface area (Å²) < 4.78 is 14.8. The Morgan fingerprint density at radius 2 is 1.97 bits per heavy atom. The molecule has 0 radical (unpaired) electrons. The van der Waals surface area contributed by atoms with E-state index in [1.165, 1.54) is 17.2 Å². The second kappa shape index (κ2) is 7.82. The van der Waals surface area contributed by atoms with Crippen LogP contribution in [0.25, 0.3) is 11.1 Å². The Hall–Kier alpha value is -2.75. The van der Waals surface area contributed by atoms with Crippen LogP contribution in [0.5, 0.6) is 0 Å². The van der Waals surface area contributed by atoms with E-state index in [4.69, 9.17) is 0 Å². The van der Waals surface area contributed by atoms with Crippen LogP contribution in [-0.4, -0.2) is 24.0 Å². The van der Waals surface area contributed by atoms with Crippen LogP contribution in [0.1, 0.15) is 36.0 Å². The number of amides is 1. The van der Waals surface area contributed by atoms with Crippen LogP contribution in [0.3, 0.4) is 0 Å². The van der Waals surface area contributed by atoms with Crippen molar-refractivity contribution >= 4 is 5.91 Å². The van der Waals surface area contributed by atoms with E-state index in [-0.39, 0.29) is 24.2 Å². The van der Waals surface area contributed by atoms with E-state index in [1.54, 1.807) is 6.07 Å². The van der Waals surface area contributed by atoms with Gasteiger partial charge in [-0.05, 0) is 65.1 Å². The third kappa shape index (κ3) is 3.60. The van der Waals surface area contributed by atoms with E-state index in [9.17, 15) is 14.4 Å². The van der Waals surface area contributed by atoms with Crippen molar-refractivity contribution in [1.29, 1.82) is 5.26 Å². The molecule has 2 aromatic rings. The molecule has 3 N–H and O–H groups in total. The van der Waals surface area contributed by atoms with Crippen molar-refractivity contribution in [3.05, 3.63) is 58.9 Å². The second-order valence-corrected chi connectivity index (χ2v) is 8.70. The van der Waals surface area contributed by atoms with Crippen molar-refractivity contribution in [2.75, 3.05) is 0 Å². The van der Waals surface area contributed by atoms with E-state index < -0.39 is 6.04 Å².